The molecule has 0 aliphatic rings. The zero-order valence-electron chi connectivity index (χ0n) is 12.5. The molecule has 3 nitrogen and oxygen atoms in total. The minimum atomic E-state index is -0.244. The van der Waals surface area contributed by atoms with Gasteiger partial charge in [0, 0.05) is 23.5 Å². The van der Waals surface area contributed by atoms with Crippen molar-refractivity contribution in [2.24, 2.45) is 0 Å². The summed E-state index contributed by atoms with van der Waals surface area (Å²) >= 11 is 0. The minimum absolute atomic E-state index is 0.0441. The van der Waals surface area contributed by atoms with Crippen LogP contribution in [0.1, 0.15) is 30.6 Å². The van der Waals surface area contributed by atoms with Gasteiger partial charge in [-0.25, -0.2) is 4.39 Å². The van der Waals surface area contributed by atoms with Crippen LogP contribution in [0.2, 0.25) is 0 Å². The molecule has 0 aliphatic heterocycles. The van der Waals surface area contributed by atoms with E-state index in [1.807, 2.05) is 25.1 Å². The lowest BCUT2D eigenvalue weighted by atomic mass is 9.99. The predicted octanol–water partition coefficient (Wildman–Crippen LogP) is 3.51. The third kappa shape index (κ3) is 4.26. The molecule has 1 N–H and O–H groups in total. The fraction of sp³-hybridized carbons (Fsp3) is 0.353. The van der Waals surface area contributed by atoms with Crippen molar-refractivity contribution in [3.8, 4) is 5.75 Å². The van der Waals surface area contributed by atoms with Gasteiger partial charge < -0.3 is 10.1 Å². The summed E-state index contributed by atoms with van der Waals surface area (Å²) in [5, 5.41) is 3.40. The first-order valence-electron chi connectivity index (χ1n) is 7.21. The molecule has 0 fully saturated rings. The fourth-order valence-electron chi connectivity index (χ4n) is 2.43. The van der Waals surface area contributed by atoms with E-state index in [2.05, 4.69) is 10.3 Å². The Morgan fingerprint density at radius 1 is 1.29 bits per heavy atom. The Morgan fingerprint density at radius 3 is 2.81 bits per heavy atom. The highest BCUT2D eigenvalue weighted by Gasteiger charge is 2.16. The third-order valence-electron chi connectivity index (χ3n) is 3.43. The molecule has 1 aromatic heterocycles. The van der Waals surface area contributed by atoms with Gasteiger partial charge in [-0.15, -0.1) is 0 Å². The SMILES string of the molecule is CCNC(CCc1ccccn1)c1cc(F)ccc1OC. The molecule has 0 spiro atoms. The number of hydrogen-bond acceptors (Lipinski definition) is 3. The Balaban J connectivity index is 2.16. The van der Waals surface area contributed by atoms with Crippen molar-refractivity contribution in [2.45, 2.75) is 25.8 Å². The Labute approximate surface area is 125 Å². The van der Waals surface area contributed by atoms with E-state index >= 15 is 0 Å². The minimum Gasteiger partial charge on any atom is -0.496 e. The number of nitrogens with one attached hydrogen (secondary N) is 1. The van der Waals surface area contributed by atoms with Gasteiger partial charge in [-0.1, -0.05) is 13.0 Å². The van der Waals surface area contributed by atoms with E-state index in [0.717, 1.165) is 30.6 Å². The van der Waals surface area contributed by atoms with Crippen LogP contribution >= 0.6 is 0 Å². The van der Waals surface area contributed by atoms with E-state index in [0.29, 0.717) is 5.75 Å². The molecule has 0 bridgehead atoms. The van der Waals surface area contributed by atoms with Gasteiger partial charge in [0.2, 0.25) is 0 Å². The van der Waals surface area contributed by atoms with E-state index in [-0.39, 0.29) is 11.9 Å². The van der Waals surface area contributed by atoms with Crippen molar-refractivity contribution >= 4 is 0 Å². The molecule has 0 saturated heterocycles. The average Bonchev–Trinajstić information content (AvgIpc) is 2.52. The normalized spacial score (nSPS) is 12.1. The maximum atomic E-state index is 13.6. The molecular weight excluding hydrogens is 267 g/mol. The Bertz CT molecular complexity index is 560. The molecule has 1 atom stereocenters. The molecule has 112 valence electrons. The van der Waals surface area contributed by atoms with E-state index in [4.69, 9.17) is 4.74 Å². The lowest BCUT2D eigenvalue weighted by molar-refractivity contribution is 0.394. The van der Waals surface area contributed by atoms with Crippen molar-refractivity contribution in [3.63, 3.8) is 0 Å². The van der Waals surface area contributed by atoms with Gasteiger partial charge in [-0.3, -0.25) is 4.98 Å². The number of methoxy groups -OCH3 is 1. The second-order valence-corrected chi connectivity index (χ2v) is 4.86. The topological polar surface area (TPSA) is 34.2 Å². The van der Waals surface area contributed by atoms with Crippen LogP contribution in [0.15, 0.2) is 42.6 Å². The van der Waals surface area contributed by atoms with Crippen LogP contribution in [0.3, 0.4) is 0 Å². The number of rotatable bonds is 7. The first kappa shape index (κ1) is 15.4. The predicted molar refractivity (Wildman–Crippen MR) is 81.9 cm³/mol. The molecule has 0 saturated carbocycles. The second-order valence-electron chi connectivity index (χ2n) is 4.86. The average molecular weight is 288 g/mol. The summed E-state index contributed by atoms with van der Waals surface area (Å²) in [5.41, 5.74) is 1.89. The Kier molecular flexibility index (Phi) is 5.69. The van der Waals surface area contributed by atoms with Crippen molar-refractivity contribution in [1.29, 1.82) is 0 Å². The largest absolute Gasteiger partial charge is 0.496 e. The first-order valence-corrected chi connectivity index (χ1v) is 7.21. The summed E-state index contributed by atoms with van der Waals surface area (Å²) in [6, 6.07) is 10.6. The highest BCUT2D eigenvalue weighted by Crippen LogP contribution is 2.28. The second kappa shape index (κ2) is 7.74. The number of aromatic nitrogens is 1. The molecular formula is C17H21FN2O. The molecule has 0 aliphatic carbocycles. The maximum Gasteiger partial charge on any atom is 0.123 e. The number of halogens is 1. The zero-order valence-corrected chi connectivity index (χ0v) is 12.5. The molecule has 0 radical (unpaired) electrons. The number of benzene rings is 1. The van der Waals surface area contributed by atoms with Crippen LogP contribution in [0.25, 0.3) is 0 Å². The third-order valence-corrected chi connectivity index (χ3v) is 3.43. The van der Waals surface area contributed by atoms with Gasteiger partial charge in [0.1, 0.15) is 11.6 Å². The molecule has 1 heterocycles. The van der Waals surface area contributed by atoms with Crippen LogP contribution in [-0.2, 0) is 6.42 Å². The summed E-state index contributed by atoms with van der Waals surface area (Å²) in [6.07, 6.45) is 3.46. The van der Waals surface area contributed by atoms with Crippen LogP contribution in [0.5, 0.6) is 5.75 Å². The van der Waals surface area contributed by atoms with Crippen LogP contribution in [-0.4, -0.2) is 18.6 Å². The number of hydrogen-bond donors (Lipinski definition) is 1. The van der Waals surface area contributed by atoms with Crippen molar-refractivity contribution in [2.75, 3.05) is 13.7 Å². The van der Waals surface area contributed by atoms with E-state index in [9.17, 15) is 4.39 Å². The lowest BCUT2D eigenvalue weighted by Crippen LogP contribution is -2.22. The molecule has 2 rings (SSSR count). The summed E-state index contributed by atoms with van der Waals surface area (Å²) in [4.78, 5) is 4.33. The van der Waals surface area contributed by atoms with Gasteiger partial charge in [-0.2, -0.15) is 0 Å². The quantitative estimate of drug-likeness (QED) is 0.846. The van der Waals surface area contributed by atoms with Crippen LogP contribution in [0.4, 0.5) is 4.39 Å². The Morgan fingerprint density at radius 2 is 2.14 bits per heavy atom. The van der Waals surface area contributed by atoms with Crippen molar-refractivity contribution in [3.05, 3.63) is 59.7 Å². The van der Waals surface area contributed by atoms with Crippen molar-refractivity contribution < 1.29 is 9.13 Å². The summed E-state index contributed by atoms with van der Waals surface area (Å²) < 4.78 is 18.9. The molecule has 21 heavy (non-hydrogen) atoms. The molecule has 1 unspecified atom stereocenters. The van der Waals surface area contributed by atoms with E-state index in [1.54, 1.807) is 25.4 Å². The standard InChI is InChI=1S/C17H21FN2O/c1-3-19-16(9-8-14-6-4-5-11-20-14)15-12-13(18)7-10-17(15)21-2/h4-7,10-12,16,19H,3,8-9H2,1-2H3. The lowest BCUT2D eigenvalue weighted by Gasteiger charge is -2.20. The molecule has 2 aromatic rings. The van der Waals surface area contributed by atoms with Gasteiger partial charge in [0.05, 0.1) is 7.11 Å². The molecule has 0 amide bonds. The highest BCUT2D eigenvalue weighted by molar-refractivity contribution is 5.36. The summed E-state index contributed by atoms with van der Waals surface area (Å²) in [6.45, 7) is 2.85. The monoisotopic (exact) mass is 288 g/mol. The zero-order chi connectivity index (χ0) is 15.1. The fourth-order valence-corrected chi connectivity index (χ4v) is 2.43. The Hall–Kier alpha value is -1.94. The van der Waals surface area contributed by atoms with Crippen LogP contribution in [0, 0.1) is 5.82 Å². The van der Waals surface area contributed by atoms with Gasteiger partial charge in [0.25, 0.3) is 0 Å². The maximum absolute atomic E-state index is 13.6. The van der Waals surface area contributed by atoms with E-state index in [1.165, 1.54) is 6.07 Å². The highest BCUT2D eigenvalue weighted by atomic mass is 19.1. The van der Waals surface area contributed by atoms with Gasteiger partial charge in [-0.05, 0) is 49.7 Å². The van der Waals surface area contributed by atoms with Gasteiger partial charge >= 0.3 is 0 Å². The number of pyridine rings is 1. The smallest absolute Gasteiger partial charge is 0.123 e. The molecule has 4 heteroatoms. The van der Waals surface area contributed by atoms with Crippen molar-refractivity contribution in [1.82, 2.24) is 10.3 Å². The number of ether oxygens (including phenoxy) is 1. The number of nitrogens with zero attached hydrogens (tertiary/aromatic N) is 1. The molecule has 1 aromatic carbocycles. The van der Waals surface area contributed by atoms with Crippen LogP contribution < -0.4 is 10.1 Å². The summed E-state index contributed by atoms with van der Waals surface area (Å²) in [5.74, 6) is 0.468. The number of aryl methyl sites for hydroxylation is 1. The first-order chi connectivity index (χ1) is 10.2. The van der Waals surface area contributed by atoms with Gasteiger partial charge in [0.15, 0.2) is 0 Å². The van der Waals surface area contributed by atoms with E-state index < -0.39 is 0 Å². The summed E-state index contributed by atoms with van der Waals surface area (Å²) in [7, 11) is 1.61.